The van der Waals surface area contributed by atoms with Crippen molar-refractivity contribution in [2.24, 2.45) is 0 Å². The molecule has 3 nitrogen and oxygen atoms in total. The highest BCUT2D eigenvalue weighted by Gasteiger charge is 2.06. The van der Waals surface area contributed by atoms with Crippen molar-refractivity contribution in [1.82, 2.24) is 9.97 Å². The Morgan fingerprint density at radius 2 is 1.58 bits per heavy atom. The Morgan fingerprint density at radius 3 is 2.32 bits per heavy atom. The molecule has 0 unspecified atom stereocenters. The topological polar surface area (TPSA) is 37.8 Å². The summed E-state index contributed by atoms with van der Waals surface area (Å²) < 4.78 is 0. The number of hydrogen-bond acceptors (Lipinski definition) is 3. The first-order valence-corrected chi connectivity index (χ1v) is 6.43. The summed E-state index contributed by atoms with van der Waals surface area (Å²) in [4.78, 5) is 8.75. The van der Waals surface area contributed by atoms with Gasteiger partial charge in [0, 0.05) is 10.7 Å². The zero-order valence-electron chi connectivity index (χ0n) is 9.77. The predicted molar refractivity (Wildman–Crippen MR) is 79.3 cm³/mol. The van der Waals surface area contributed by atoms with Crippen LogP contribution in [0.2, 0.25) is 10.2 Å². The van der Waals surface area contributed by atoms with Crippen LogP contribution < -0.4 is 5.32 Å². The first-order chi connectivity index (χ1) is 9.22. The molecule has 0 aliphatic rings. The molecular formula is C14H9Cl2N3. The van der Waals surface area contributed by atoms with Crippen LogP contribution >= 0.6 is 23.2 Å². The highest BCUT2D eigenvalue weighted by molar-refractivity contribution is 6.32. The molecule has 0 spiro atoms. The standard InChI is InChI=1S/C14H9Cl2N3/c15-9-4-3-5-10(8-9)17-14-13(16)18-11-6-1-2-7-12(11)19-14/h1-8H,(H,17,19). The molecule has 0 atom stereocenters. The van der Waals surface area contributed by atoms with Crippen LogP contribution in [0, 0.1) is 0 Å². The Hall–Kier alpha value is -1.84. The van der Waals surface area contributed by atoms with Crippen molar-refractivity contribution < 1.29 is 0 Å². The lowest BCUT2D eigenvalue weighted by Gasteiger charge is -2.08. The highest BCUT2D eigenvalue weighted by Crippen LogP contribution is 2.25. The third-order valence-electron chi connectivity index (χ3n) is 2.62. The van der Waals surface area contributed by atoms with Crippen LogP contribution in [0.5, 0.6) is 0 Å². The average molecular weight is 290 g/mol. The molecule has 94 valence electrons. The fourth-order valence-electron chi connectivity index (χ4n) is 1.76. The van der Waals surface area contributed by atoms with Crippen molar-refractivity contribution in [3.8, 4) is 0 Å². The quantitative estimate of drug-likeness (QED) is 0.744. The molecule has 0 amide bonds. The van der Waals surface area contributed by atoms with Gasteiger partial charge in [0.1, 0.15) is 0 Å². The van der Waals surface area contributed by atoms with E-state index in [1.54, 1.807) is 12.1 Å². The predicted octanol–water partition coefficient (Wildman–Crippen LogP) is 4.68. The number of hydrogen-bond donors (Lipinski definition) is 1. The lowest BCUT2D eigenvalue weighted by molar-refractivity contribution is 1.28. The number of rotatable bonds is 2. The summed E-state index contributed by atoms with van der Waals surface area (Å²) >= 11 is 12.1. The van der Waals surface area contributed by atoms with E-state index in [4.69, 9.17) is 23.2 Å². The molecule has 5 heteroatoms. The minimum atomic E-state index is 0.332. The number of nitrogens with one attached hydrogen (secondary N) is 1. The molecule has 0 fully saturated rings. The fraction of sp³-hybridized carbons (Fsp3) is 0. The molecule has 0 saturated heterocycles. The molecule has 3 aromatic rings. The van der Waals surface area contributed by atoms with Crippen LogP contribution in [0.25, 0.3) is 11.0 Å². The van der Waals surface area contributed by atoms with E-state index in [9.17, 15) is 0 Å². The van der Waals surface area contributed by atoms with E-state index in [0.717, 1.165) is 16.7 Å². The highest BCUT2D eigenvalue weighted by atomic mass is 35.5. The molecule has 1 aromatic heterocycles. The zero-order valence-corrected chi connectivity index (χ0v) is 11.3. The second-order valence-corrected chi connectivity index (χ2v) is 4.78. The number of fused-ring (bicyclic) bond motifs is 1. The SMILES string of the molecule is Clc1cccc(Nc2nc3ccccc3nc2Cl)c1. The molecule has 1 heterocycles. The first-order valence-electron chi connectivity index (χ1n) is 5.67. The van der Waals surface area contributed by atoms with E-state index < -0.39 is 0 Å². The summed E-state index contributed by atoms with van der Waals surface area (Å²) in [6, 6.07) is 14.9. The van der Waals surface area contributed by atoms with Gasteiger partial charge in [-0.05, 0) is 30.3 Å². The molecule has 2 aromatic carbocycles. The number of nitrogens with zero attached hydrogens (tertiary/aromatic N) is 2. The van der Waals surface area contributed by atoms with E-state index in [1.165, 1.54) is 0 Å². The lowest BCUT2D eigenvalue weighted by atomic mass is 10.3. The Balaban J connectivity index is 2.03. The van der Waals surface area contributed by atoms with Gasteiger partial charge >= 0.3 is 0 Å². The molecule has 0 radical (unpaired) electrons. The van der Waals surface area contributed by atoms with E-state index >= 15 is 0 Å². The largest absolute Gasteiger partial charge is 0.338 e. The maximum atomic E-state index is 6.12. The van der Waals surface area contributed by atoms with Crippen molar-refractivity contribution in [3.63, 3.8) is 0 Å². The third kappa shape index (κ3) is 2.62. The second kappa shape index (κ2) is 5.03. The van der Waals surface area contributed by atoms with Gasteiger partial charge in [-0.2, -0.15) is 0 Å². The lowest BCUT2D eigenvalue weighted by Crippen LogP contribution is -1.97. The van der Waals surface area contributed by atoms with E-state index in [1.807, 2.05) is 36.4 Å². The summed E-state index contributed by atoms with van der Waals surface area (Å²) in [5, 5.41) is 4.10. The molecule has 0 aliphatic carbocycles. The van der Waals surface area contributed by atoms with Crippen LogP contribution in [0.4, 0.5) is 11.5 Å². The number of halogens is 2. The monoisotopic (exact) mass is 289 g/mol. The number of benzene rings is 2. The minimum absolute atomic E-state index is 0.332. The Labute approximate surface area is 120 Å². The van der Waals surface area contributed by atoms with Crippen LogP contribution in [0.1, 0.15) is 0 Å². The number of aromatic nitrogens is 2. The van der Waals surface area contributed by atoms with E-state index in [0.29, 0.717) is 16.0 Å². The van der Waals surface area contributed by atoms with Crippen LogP contribution in [0.3, 0.4) is 0 Å². The van der Waals surface area contributed by atoms with Gasteiger partial charge in [0.15, 0.2) is 11.0 Å². The van der Waals surface area contributed by atoms with Crippen molar-refractivity contribution in [3.05, 3.63) is 58.7 Å². The Morgan fingerprint density at radius 1 is 0.842 bits per heavy atom. The molecule has 0 bridgehead atoms. The van der Waals surface area contributed by atoms with Crippen LogP contribution in [-0.4, -0.2) is 9.97 Å². The minimum Gasteiger partial charge on any atom is -0.338 e. The van der Waals surface area contributed by atoms with Gasteiger partial charge < -0.3 is 5.32 Å². The Bertz CT molecular complexity index is 744. The summed E-state index contributed by atoms with van der Waals surface area (Å²) in [5.74, 6) is 0.516. The summed E-state index contributed by atoms with van der Waals surface area (Å²) in [5.41, 5.74) is 2.37. The summed E-state index contributed by atoms with van der Waals surface area (Å²) in [6.07, 6.45) is 0. The van der Waals surface area contributed by atoms with Gasteiger partial charge in [-0.25, -0.2) is 9.97 Å². The van der Waals surface area contributed by atoms with Gasteiger partial charge in [-0.3, -0.25) is 0 Å². The molecule has 3 rings (SSSR count). The molecule has 0 saturated carbocycles. The van der Waals surface area contributed by atoms with Gasteiger partial charge in [-0.1, -0.05) is 41.4 Å². The summed E-state index contributed by atoms with van der Waals surface area (Å²) in [7, 11) is 0. The van der Waals surface area contributed by atoms with Crippen LogP contribution in [0.15, 0.2) is 48.5 Å². The Kier molecular flexibility index (Phi) is 3.23. The van der Waals surface area contributed by atoms with E-state index in [2.05, 4.69) is 15.3 Å². The van der Waals surface area contributed by atoms with Crippen molar-refractivity contribution in [2.75, 3.05) is 5.32 Å². The molecular weight excluding hydrogens is 281 g/mol. The van der Waals surface area contributed by atoms with Gasteiger partial charge in [0.2, 0.25) is 0 Å². The molecule has 19 heavy (non-hydrogen) atoms. The number of anilines is 2. The average Bonchev–Trinajstić information content (AvgIpc) is 2.40. The normalized spacial score (nSPS) is 10.6. The van der Waals surface area contributed by atoms with Crippen molar-refractivity contribution in [2.45, 2.75) is 0 Å². The van der Waals surface area contributed by atoms with Crippen LogP contribution in [-0.2, 0) is 0 Å². The third-order valence-corrected chi connectivity index (χ3v) is 3.11. The summed E-state index contributed by atoms with van der Waals surface area (Å²) in [6.45, 7) is 0. The first kappa shape index (κ1) is 12.2. The zero-order chi connectivity index (χ0) is 13.2. The van der Waals surface area contributed by atoms with E-state index in [-0.39, 0.29) is 0 Å². The van der Waals surface area contributed by atoms with Crippen molar-refractivity contribution in [1.29, 1.82) is 0 Å². The number of para-hydroxylation sites is 2. The van der Waals surface area contributed by atoms with Gasteiger partial charge in [0.05, 0.1) is 11.0 Å². The molecule has 1 N–H and O–H groups in total. The maximum Gasteiger partial charge on any atom is 0.172 e. The van der Waals surface area contributed by atoms with Gasteiger partial charge in [0.25, 0.3) is 0 Å². The smallest absolute Gasteiger partial charge is 0.172 e. The second-order valence-electron chi connectivity index (χ2n) is 3.99. The fourth-order valence-corrected chi connectivity index (χ4v) is 2.13. The van der Waals surface area contributed by atoms with Crippen molar-refractivity contribution >= 4 is 45.7 Å². The van der Waals surface area contributed by atoms with Gasteiger partial charge in [-0.15, -0.1) is 0 Å². The maximum absolute atomic E-state index is 6.12. The molecule has 0 aliphatic heterocycles.